The van der Waals surface area contributed by atoms with Gasteiger partial charge in [-0.1, -0.05) is 0 Å². The molecule has 0 saturated carbocycles. The monoisotopic (exact) mass is 380 g/mol. The Morgan fingerprint density at radius 3 is 2.68 bits per heavy atom. The lowest BCUT2D eigenvalue weighted by atomic mass is 9.99. The number of carbonyl (C=O) groups is 1. The maximum atomic E-state index is 12.6. The molecule has 0 bridgehead atoms. The summed E-state index contributed by atoms with van der Waals surface area (Å²) >= 11 is 0. The van der Waals surface area contributed by atoms with Crippen molar-refractivity contribution in [2.75, 3.05) is 37.5 Å². The number of hydrogen-bond acceptors (Lipinski definition) is 7. The Balaban J connectivity index is 1.39. The number of nitrogens with zero attached hydrogens (tertiary/aromatic N) is 5. The minimum absolute atomic E-state index is 0.0546. The number of carbonyl (C=O) groups excluding carboxylic acids is 1. The smallest absolute Gasteiger partial charge is 0.231 e. The quantitative estimate of drug-likeness (QED) is 0.696. The Morgan fingerprint density at radius 1 is 1.14 bits per heavy atom. The number of ether oxygens (including phenoxy) is 2. The third-order valence-corrected chi connectivity index (χ3v) is 4.62. The molecule has 4 rings (SSSR count). The average Bonchev–Trinajstić information content (AvgIpc) is 3.22. The summed E-state index contributed by atoms with van der Waals surface area (Å²) in [7, 11) is 3.14. The molecule has 1 aliphatic heterocycles. The fourth-order valence-corrected chi connectivity index (χ4v) is 3.01. The van der Waals surface area contributed by atoms with E-state index in [1.165, 1.54) is 6.33 Å². The fourth-order valence-electron chi connectivity index (χ4n) is 3.01. The number of anilines is 2. The molecule has 9 heteroatoms. The van der Waals surface area contributed by atoms with Gasteiger partial charge in [0, 0.05) is 37.6 Å². The van der Waals surface area contributed by atoms with Crippen molar-refractivity contribution in [2.24, 2.45) is 5.92 Å². The SMILES string of the molecule is COc1ccc(NC(=O)C2CN(c3cc(-n4cccn4)ncn3)C2)c(OC)c1. The highest BCUT2D eigenvalue weighted by molar-refractivity contribution is 5.95. The lowest BCUT2D eigenvalue weighted by Crippen LogP contribution is -2.52. The Morgan fingerprint density at radius 2 is 1.96 bits per heavy atom. The van der Waals surface area contributed by atoms with E-state index >= 15 is 0 Å². The molecule has 1 saturated heterocycles. The first-order chi connectivity index (χ1) is 13.7. The van der Waals surface area contributed by atoms with E-state index in [4.69, 9.17) is 9.47 Å². The Hall–Kier alpha value is -3.62. The molecule has 0 spiro atoms. The van der Waals surface area contributed by atoms with Crippen molar-refractivity contribution in [2.45, 2.75) is 0 Å². The van der Waals surface area contributed by atoms with Crippen LogP contribution in [0.25, 0.3) is 5.82 Å². The molecule has 0 atom stereocenters. The molecule has 3 heterocycles. The summed E-state index contributed by atoms with van der Waals surface area (Å²) in [5, 5.41) is 7.10. The summed E-state index contributed by atoms with van der Waals surface area (Å²) in [4.78, 5) is 23.1. The van der Waals surface area contributed by atoms with Gasteiger partial charge in [0.2, 0.25) is 5.91 Å². The summed E-state index contributed by atoms with van der Waals surface area (Å²) in [6.07, 6.45) is 5.02. The van der Waals surface area contributed by atoms with Crippen molar-refractivity contribution in [3.8, 4) is 17.3 Å². The van der Waals surface area contributed by atoms with Crippen molar-refractivity contribution in [1.82, 2.24) is 19.7 Å². The molecule has 28 heavy (non-hydrogen) atoms. The predicted octanol–water partition coefficient (Wildman–Crippen LogP) is 1.75. The molecule has 3 aromatic rings. The molecule has 1 amide bonds. The maximum absolute atomic E-state index is 12.6. The molecular weight excluding hydrogens is 360 g/mol. The van der Waals surface area contributed by atoms with E-state index in [1.807, 2.05) is 23.2 Å². The van der Waals surface area contributed by atoms with E-state index in [9.17, 15) is 4.79 Å². The second-order valence-corrected chi connectivity index (χ2v) is 6.34. The zero-order valence-electron chi connectivity index (χ0n) is 15.6. The van der Waals surface area contributed by atoms with Gasteiger partial charge < -0.3 is 19.7 Å². The highest BCUT2D eigenvalue weighted by atomic mass is 16.5. The zero-order chi connectivity index (χ0) is 19.5. The van der Waals surface area contributed by atoms with E-state index in [0.29, 0.717) is 36.1 Å². The van der Waals surface area contributed by atoms with Gasteiger partial charge in [0.05, 0.1) is 25.8 Å². The van der Waals surface area contributed by atoms with Gasteiger partial charge >= 0.3 is 0 Å². The molecule has 0 radical (unpaired) electrons. The van der Waals surface area contributed by atoms with Crippen LogP contribution in [0.2, 0.25) is 0 Å². The number of amides is 1. The predicted molar refractivity (Wildman–Crippen MR) is 103 cm³/mol. The Bertz CT molecular complexity index is 970. The van der Waals surface area contributed by atoms with Crippen molar-refractivity contribution in [3.63, 3.8) is 0 Å². The van der Waals surface area contributed by atoms with Crippen LogP contribution >= 0.6 is 0 Å². The van der Waals surface area contributed by atoms with Crippen molar-refractivity contribution in [1.29, 1.82) is 0 Å². The highest BCUT2D eigenvalue weighted by Gasteiger charge is 2.34. The minimum Gasteiger partial charge on any atom is -0.497 e. The van der Waals surface area contributed by atoms with E-state index in [-0.39, 0.29) is 11.8 Å². The molecule has 0 unspecified atom stereocenters. The summed E-state index contributed by atoms with van der Waals surface area (Å²) in [6.45, 7) is 1.17. The topological polar surface area (TPSA) is 94.4 Å². The van der Waals surface area contributed by atoms with Crippen LogP contribution in [0.4, 0.5) is 11.5 Å². The maximum Gasteiger partial charge on any atom is 0.231 e. The van der Waals surface area contributed by atoms with E-state index in [1.54, 1.807) is 43.3 Å². The van der Waals surface area contributed by atoms with Crippen LogP contribution in [0.15, 0.2) is 49.1 Å². The Kier molecular flexibility index (Phi) is 4.79. The number of rotatable bonds is 6. The molecular formula is C19H20N6O3. The Labute approximate surface area is 161 Å². The molecule has 0 aliphatic carbocycles. The lowest BCUT2D eigenvalue weighted by Gasteiger charge is -2.39. The summed E-state index contributed by atoms with van der Waals surface area (Å²) < 4.78 is 12.2. The van der Waals surface area contributed by atoms with Crippen LogP contribution in [0.1, 0.15) is 0 Å². The molecule has 1 N–H and O–H groups in total. The van der Waals surface area contributed by atoms with Crippen LogP contribution in [-0.4, -0.2) is 53.0 Å². The van der Waals surface area contributed by atoms with Gasteiger partial charge in [0.25, 0.3) is 0 Å². The van der Waals surface area contributed by atoms with E-state index in [2.05, 4.69) is 20.4 Å². The first-order valence-electron chi connectivity index (χ1n) is 8.78. The van der Waals surface area contributed by atoms with Gasteiger partial charge in [-0.3, -0.25) is 4.79 Å². The number of benzene rings is 1. The molecule has 1 aromatic carbocycles. The number of nitrogens with one attached hydrogen (secondary N) is 1. The molecule has 1 aliphatic rings. The van der Waals surface area contributed by atoms with Crippen molar-refractivity contribution < 1.29 is 14.3 Å². The van der Waals surface area contributed by atoms with Gasteiger partial charge in [0.1, 0.15) is 23.6 Å². The van der Waals surface area contributed by atoms with Gasteiger partial charge in [-0.15, -0.1) is 0 Å². The van der Waals surface area contributed by atoms with E-state index in [0.717, 1.165) is 5.82 Å². The van der Waals surface area contributed by atoms with Crippen LogP contribution in [-0.2, 0) is 4.79 Å². The molecule has 1 fully saturated rings. The first kappa shape index (κ1) is 17.8. The van der Waals surface area contributed by atoms with Crippen LogP contribution in [0.5, 0.6) is 11.5 Å². The van der Waals surface area contributed by atoms with Crippen molar-refractivity contribution >= 4 is 17.4 Å². The van der Waals surface area contributed by atoms with Gasteiger partial charge in [-0.2, -0.15) is 5.10 Å². The standard InChI is InChI=1S/C19H20N6O3/c1-27-14-4-5-15(16(8-14)28-2)23-19(26)13-10-24(11-13)17-9-18(21-12-20-17)25-7-3-6-22-25/h3-9,12-13H,10-11H2,1-2H3,(H,23,26). The molecule has 2 aromatic heterocycles. The number of hydrogen-bond donors (Lipinski definition) is 1. The summed E-state index contributed by atoms with van der Waals surface area (Å²) in [5.41, 5.74) is 0.620. The van der Waals surface area contributed by atoms with Gasteiger partial charge in [0.15, 0.2) is 5.82 Å². The van der Waals surface area contributed by atoms with Crippen LogP contribution in [0.3, 0.4) is 0 Å². The normalized spacial score (nSPS) is 13.7. The van der Waals surface area contributed by atoms with Crippen LogP contribution in [0, 0.1) is 5.92 Å². The third kappa shape index (κ3) is 3.46. The minimum atomic E-state index is -0.130. The molecule has 144 valence electrons. The highest BCUT2D eigenvalue weighted by Crippen LogP contribution is 2.31. The second kappa shape index (κ2) is 7.55. The summed E-state index contributed by atoms with van der Waals surface area (Å²) in [6, 6.07) is 8.98. The van der Waals surface area contributed by atoms with Gasteiger partial charge in [-0.05, 0) is 18.2 Å². The average molecular weight is 380 g/mol. The number of methoxy groups -OCH3 is 2. The second-order valence-electron chi connectivity index (χ2n) is 6.34. The zero-order valence-corrected chi connectivity index (χ0v) is 15.6. The molecule has 9 nitrogen and oxygen atoms in total. The number of aromatic nitrogens is 4. The summed E-state index contributed by atoms with van der Waals surface area (Å²) in [5.74, 6) is 2.50. The third-order valence-electron chi connectivity index (χ3n) is 4.62. The van der Waals surface area contributed by atoms with Crippen LogP contribution < -0.4 is 19.7 Å². The van der Waals surface area contributed by atoms with Gasteiger partial charge in [-0.25, -0.2) is 14.6 Å². The van der Waals surface area contributed by atoms with E-state index < -0.39 is 0 Å². The largest absolute Gasteiger partial charge is 0.497 e. The lowest BCUT2D eigenvalue weighted by molar-refractivity contribution is -0.120. The van der Waals surface area contributed by atoms with Crippen molar-refractivity contribution in [3.05, 3.63) is 49.1 Å². The fraction of sp³-hybridized carbons (Fsp3) is 0.263. The first-order valence-corrected chi connectivity index (χ1v) is 8.78.